The van der Waals surface area contributed by atoms with Crippen molar-refractivity contribution in [1.82, 2.24) is 14.6 Å². The molecule has 2 heterocycles. The van der Waals surface area contributed by atoms with E-state index >= 15 is 0 Å². The largest absolute Gasteiger partial charge is 0.493 e. The number of aromatic hydroxyl groups is 1. The van der Waals surface area contributed by atoms with Gasteiger partial charge in [0.1, 0.15) is 5.56 Å². The highest BCUT2D eigenvalue weighted by molar-refractivity contribution is 5.92. The second kappa shape index (κ2) is 5.48. The van der Waals surface area contributed by atoms with Crippen LogP contribution in [-0.4, -0.2) is 32.3 Å². The Morgan fingerprint density at radius 3 is 2.91 bits per heavy atom. The molecular weight excluding hydrogens is 282 g/mol. The van der Waals surface area contributed by atoms with E-state index in [0.29, 0.717) is 5.65 Å². The maximum absolute atomic E-state index is 11.8. The maximum atomic E-state index is 11.8. The summed E-state index contributed by atoms with van der Waals surface area (Å²) in [6.45, 7) is 3.92. The van der Waals surface area contributed by atoms with Crippen LogP contribution in [0.4, 0.5) is 0 Å². The summed E-state index contributed by atoms with van der Waals surface area (Å²) in [6.07, 6.45) is 2.93. The molecule has 0 spiro atoms. The molecule has 0 amide bonds. The van der Waals surface area contributed by atoms with Gasteiger partial charge in [0.15, 0.2) is 5.65 Å². The zero-order valence-corrected chi connectivity index (χ0v) is 12.3. The molecule has 0 fully saturated rings. The first-order valence-electron chi connectivity index (χ1n) is 6.91. The number of hydrogen-bond acceptors (Lipinski definition) is 5. The molecular formula is C16H15N3O3. The number of fused-ring (bicyclic) bond motifs is 1. The molecule has 1 aromatic carbocycles. The Bertz CT molecular complexity index is 855. The summed E-state index contributed by atoms with van der Waals surface area (Å²) >= 11 is 0. The normalized spacial score (nSPS) is 10.8. The number of ether oxygens (including phenoxy) is 1. The first-order chi connectivity index (χ1) is 10.6. The van der Waals surface area contributed by atoms with E-state index in [-0.39, 0.29) is 18.1 Å². The Morgan fingerprint density at radius 2 is 2.18 bits per heavy atom. The van der Waals surface area contributed by atoms with Gasteiger partial charge in [-0.2, -0.15) is 9.61 Å². The van der Waals surface area contributed by atoms with Gasteiger partial charge in [-0.25, -0.2) is 9.78 Å². The molecule has 0 atom stereocenters. The summed E-state index contributed by atoms with van der Waals surface area (Å²) in [5.41, 5.74) is 3.33. The summed E-state index contributed by atoms with van der Waals surface area (Å²) in [5, 5.41) is 14.3. The van der Waals surface area contributed by atoms with Crippen molar-refractivity contribution in [2.45, 2.75) is 13.8 Å². The minimum atomic E-state index is -0.623. The van der Waals surface area contributed by atoms with Crippen LogP contribution in [0.1, 0.15) is 22.8 Å². The fourth-order valence-electron chi connectivity index (χ4n) is 2.29. The van der Waals surface area contributed by atoms with Gasteiger partial charge in [0.25, 0.3) is 0 Å². The van der Waals surface area contributed by atoms with Crippen LogP contribution in [-0.2, 0) is 4.74 Å². The summed E-state index contributed by atoms with van der Waals surface area (Å²) in [6, 6.07) is 7.90. The monoisotopic (exact) mass is 297 g/mol. The second-order valence-electron chi connectivity index (χ2n) is 4.88. The molecule has 3 aromatic rings. The minimum Gasteiger partial charge on any atom is -0.493 e. The van der Waals surface area contributed by atoms with Gasteiger partial charge in [-0.05, 0) is 19.4 Å². The van der Waals surface area contributed by atoms with Gasteiger partial charge in [-0.15, -0.1) is 0 Å². The first kappa shape index (κ1) is 14.1. The highest BCUT2D eigenvalue weighted by Crippen LogP contribution is 2.27. The van der Waals surface area contributed by atoms with E-state index in [2.05, 4.69) is 10.1 Å². The highest BCUT2D eigenvalue weighted by Gasteiger charge is 2.19. The Morgan fingerprint density at radius 1 is 1.36 bits per heavy atom. The van der Waals surface area contributed by atoms with Crippen molar-refractivity contribution in [3.8, 4) is 17.0 Å². The van der Waals surface area contributed by atoms with Gasteiger partial charge in [-0.1, -0.05) is 29.8 Å². The Hall–Kier alpha value is -2.89. The number of carbonyl (C=O) groups excluding carboxylic acids is 1. The number of rotatable bonds is 3. The van der Waals surface area contributed by atoms with Gasteiger partial charge in [0, 0.05) is 11.8 Å². The molecule has 0 aliphatic heterocycles. The van der Waals surface area contributed by atoms with E-state index in [9.17, 15) is 9.90 Å². The molecule has 0 saturated heterocycles. The lowest BCUT2D eigenvalue weighted by molar-refractivity contribution is 0.0521. The quantitative estimate of drug-likeness (QED) is 0.752. The smallest absolute Gasteiger partial charge is 0.345 e. The minimum absolute atomic E-state index is 0.00626. The Labute approximate surface area is 127 Å². The number of esters is 1. The third-order valence-corrected chi connectivity index (χ3v) is 3.33. The summed E-state index contributed by atoms with van der Waals surface area (Å²) in [5.74, 6) is -0.899. The van der Waals surface area contributed by atoms with E-state index in [1.807, 2.05) is 31.2 Å². The number of nitrogens with zero attached hydrogens (tertiary/aromatic N) is 3. The van der Waals surface area contributed by atoms with Crippen molar-refractivity contribution in [3.05, 3.63) is 47.8 Å². The van der Waals surface area contributed by atoms with E-state index < -0.39 is 5.97 Å². The third-order valence-electron chi connectivity index (χ3n) is 3.33. The molecule has 0 aliphatic carbocycles. The number of aromatic nitrogens is 3. The number of carbonyl (C=O) groups is 1. The van der Waals surface area contributed by atoms with Gasteiger partial charge < -0.3 is 9.84 Å². The van der Waals surface area contributed by atoms with E-state index in [0.717, 1.165) is 16.7 Å². The van der Waals surface area contributed by atoms with Gasteiger partial charge >= 0.3 is 5.97 Å². The SMILES string of the molecule is CCOC(=O)c1cnc2c(-c3cccc(C)c3)cnn2c1O. The topological polar surface area (TPSA) is 76.7 Å². The zero-order chi connectivity index (χ0) is 15.7. The fraction of sp³-hybridized carbons (Fsp3) is 0.188. The van der Waals surface area contributed by atoms with Gasteiger partial charge in [-0.3, -0.25) is 0 Å². The molecule has 0 saturated carbocycles. The average Bonchev–Trinajstić information content (AvgIpc) is 2.92. The van der Waals surface area contributed by atoms with Crippen LogP contribution in [0.3, 0.4) is 0 Å². The van der Waals surface area contributed by atoms with Crippen LogP contribution >= 0.6 is 0 Å². The molecule has 0 radical (unpaired) electrons. The second-order valence-corrected chi connectivity index (χ2v) is 4.88. The third kappa shape index (κ3) is 2.28. The molecule has 0 aliphatic rings. The van der Waals surface area contributed by atoms with Crippen LogP contribution < -0.4 is 0 Å². The maximum Gasteiger partial charge on any atom is 0.345 e. The van der Waals surface area contributed by atoms with Crippen molar-refractivity contribution in [2.75, 3.05) is 6.61 Å². The van der Waals surface area contributed by atoms with Crippen molar-refractivity contribution >= 4 is 11.6 Å². The molecule has 6 nitrogen and oxygen atoms in total. The molecule has 0 bridgehead atoms. The predicted octanol–water partition coefficient (Wildman–Crippen LogP) is 2.59. The molecule has 0 unspecified atom stereocenters. The standard InChI is InChI=1S/C16H15N3O3/c1-3-22-16(21)13-8-17-14-12(9-18-19(14)15(13)20)11-6-4-5-10(2)7-11/h4-9,20H,3H2,1-2H3. The zero-order valence-electron chi connectivity index (χ0n) is 12.3. The number of aryl methyl sites for hydroxylation is 1. The first-order valence-corrected chi connectivity index (χ1v) is 6.91. The van der Waals surface area contributed by atoms with Crippen molar-refractivity contribution in [2.24, 2.45) is 0 Å². The van der Waals surface area contributed by atoms with Crippen molar-refractivity contribution in [3.63, 3.8) is 0 Å². The van der Waals surface area contributed by atoms with Crippen LogP contribution in [0.15, 0.2) is 36.7 Å². The lowest BCUT2D eigenvalue weighted by Crippen LogP contribution is -2.08. The Balaban J connectivity index is 2.14. The fourth-order valence-corrected chi connectivity index (χ4v) is 2.29. The van der Waals surface area contributed by atoms with Gasteiger partial charge in [0.05, 0.1) is 12.8 Å². The van der Waals surface area contributed by atoms with Crippen molar-refractivity contribution in [1.29, 1.82) is 0 Å². The number of benzene rings is 1. The van der Waals surface area contributed by atoms with Crippen molar-refractivity contribution < 1.29 is 14.6 Å². The highest BCUT2D eigenvalue weighted by atomic mass is 16.5. The molecule has 1 N–H and O–H groups in total. The number of hydrogen-bond donors (Lipinski definition) is 1. The molecule has 112 valence electrons. The lowest BCUT2D eigenvalue weighted by Gasteiger charge is -2.06. The molecule has 2 aromatic heterocycles. The van der Waals surface area contributed by atoms with E-state index in [4.69, 9.17) is 4.74 Å². The lowest BCUT2D eigenvalue weighted by atomic mass is 10.1. The van der Waals surface area contributed by atoms with Gasteiger partial charge in [0.2, 0.25) is 5.88 Å². The predicted molar refractivity (Wildman–Crippen MR) is 80.8 cm³/mol. The van der Waals surface area contributed by atoms with E-state index in [1.165, 1.54) is 10.7 Å². The molecule has 3 rings (SSSR count). The molecule has 6 heteroatoms. The van der Waals surface area contributed by atoms with Crippen LogP contribution in [0.5, 0.6) is 5.88 Å². The summed E-state index contributed by atoms with van der Waals surface area (Å²) < 4.78 is 6.12. The van der Waals surface area contributed by atoms with Crippen LogP contribution in [0.25, 0.3) is 16.8 Å². The van der Waals surface area contributed by atoms with Crippen LogP contribution in [0.2, 0.25) is 0 Å². The Kier molecular flexibility index (Phi) is 3.50. The average molecular weight is 297 g/mol. The van der Waals surface area contributed by atoms with E-state index in [1.54, 1.807) is 13.1 Å². The summed E-state index contributed by atoms with van der Waals surface area (Å²) in [7, 11) is 0. The van der Waals surface area contributed by atoms with Crippen LogP contribution in [0, 0.1) is 6.92 Å². The summed E-state index contributed by atoms with van der Waals surface area (Å²) in [4.78, 5) is 16.0. The molecule has 22 heavy (non-hydrogen) atoms.